The van der Waals surface area contributed by atoms with Crippen molar-refractivity contribution in [2.45, 2.75) is 141 Å². The number of alkyl halides is 1. The third kappa shape index (κ3) is 22.2. The summed E-state index contributed by atoms with van der Waals surface area (Å²) in [4.78, 5) is 0. The number of hydrogen-bond acceptors (Lipinski definition) is 1. The molecule has 1 atom stereocenters. The fraction of sp³-hybridized carbons (Fsp3) is 1.00. The summed E-state index contributed by atoms with van der Waals surface area (Å²) in [7, 11) is 0. The van der Waals surface area contributed by atoms with Gasteiger partial charge in [0.05, 0.1) is 0 Å². The van der Waals surface area contributed by atoms with Gasteiger partial charge in [0.1, 0.15) is 5.56 Å². The van der Waals surface area contributed by atoms with E-state index in [1.807, 2.05) is 0 Å². The number of hydrogen-bond donors (Lipinski definition) is 0. The molecule has 0 bridgehead atoms. The molecule has 0 aromatic rings. The van der Waals surface area contributed by atoms with E-state index in [1.54, 1.807) is 0 Å². The molecule has 0 fully saturated rings. The van der Waals surface area contributed by atoms with Crippen LogP contribution in [0.1, 0.15) is 136 Å². The van der Waals surface area contributed by atoms with Crippen LogP contribution in [0.15, 0.2) is 0 Å². The molecular weight excluding hydrogens is 328 g/mol. The van der Waals surface area contributed by atoms with E-state index < -0.39 is 0 Å². The molecule has 0 heterocycles. The number of halogens is 1. The highest BCUT2D eigenvalue weighted by Gasteiger charge is 1.99. The molecule has 0 amide bonds. The minimum absolute atomic E-state index is 0.0780. The van der Waals surface area contributed by atoms with Gasteiger partial charge in [0.25, 0.3) is 0 Å². The third-order valence-electron chi connectivity index (χ3n) is 5.12. The Hall–Kier alpha value is 0.250. The molecule has 0 aliphatic carbocycles. The van der Waals surface area contributed by atoms with E-state index in [0.29, 0.717) is 0 Å². The predicted octanol–water partition coefficient (Wildman–Crippen LogP) is 9.02. The van der Waals surface area contributed by atoms with E-state index in [-0.39, 0.29) is 5.56 Å². The van der Waals surface area contributed by atoms with Crippen LogP contribution in [0.25, 0.3) is 0 Å². The number of unbranched alkanes of at least 4 members (excludes halogenated alkanes) is 17. The summed E-state index contributed by atoms with van der Waals surface area (Å²) in [5.41, 5.74) is -0.0780. The van der Waals surface area contributed by atoms with Crippen LogP contribution in [0.3, 0.4) is 0 Å². The average Bonchev–Trinajstić information content (AvgIpc) is 2.63. The van der Waals surface area contributed by atoms with Crippen LogP contribution >= 0.6 is 11.6 Å². The maximum atomic E-state index is 5.92. The highest BCUT2D eigenvalue weighted by molar-refractivity contribution is 6.19. The van der Waals surface area contributed by atoms with Gasteiger partial charge in [-0.25, -0.2) is 0 Å². The van der Waals surface area contributed by atoms with Crippen molar-refractivity contribution in [3.8, 4) is 0 Å². The van der Waals surface area contributed by atoms with E-state index in [0.717, 1.165) is 13.0 Å². The van der Waals surface area contributed by atoms with Crippen molar-refractivity contribution in [2.75, 3.05) is 6.61 Å². The fourth-order valence-electron chi connectivity index (χ4n) is 3.33. The van der Waals surface area contributed by atoms with E-state index in [2.05, 4.69) is 13.8 Å². The molecule has 0 rings (SSSR count). The maximum absolute atomic E-state index is 5.92. The van der Waals surface area contributed by atoms with Crippen LogP contribution in [0, 0.1) is 0 Å². The second-order valence-corrected chi connectivity index (χ2v) is 8.19. The smallest absolute Gasteiger partial charge is 0.130 e. The first-order valence-corrected chi connectivity index (χ1v) is 12.0. The van der Waals surface area contributed by atoms with Crippen molar-refractivity contribution in [1.29, 1.82) is 0 Å². The van der Waals surface area contributed by atoms with Gasteiger partial charge in [-0.3, -0.25) is 0 Å². The Balaban J connectivity index is 2.98. The van der Waals surface area contributed by atoms with E-state index in [9.17, 15) is 0 Å². The van der Waals surface area contributed by atoms with E-state index >= 15 is 0 Å². The van der Waals surface area contributed by atoms with Gasteiger partial charge >= 0.3 is 0 Å². The largest absolute Gasteiger partial charge is 0.363 e. The van der Waals surface area contributed by atoms with Crippen molar-refractivity contribution < 1.29 is 4.74 Å². The zero-order valence-electron chi connectivity index (χ0n) is 17.5. The Morgan fingerprint density at radius 2 is 0.840 bits per heavy atom. The van der Waals surface area contributed by atoms with Gasteiger partial charge in [0, 0.05) is 6.61 Å². The summed E-state index contributed by atoms with van der Waals surface area (Å²) in [5.74, 6) is 0. The zero-order chi connectivity index (χ0) is 18.4. The van der Waals surface area contributed by atoms with Crippen LogP contribution < -0.4 is 0 Å². The first kappa shape index (κ1) is 25.2. The van der Waals surface area contributed by atoms with Gasteiger partial charge in [-0.15, -0.1) is 0 Å². The minimum atomic E-state index is -0.0780. The second-order valence-electron chi connectivity index (χ2n) is 7.70. The topological polar surface area (TPSA) is 9.23 Å². The SMILES string of the molecule is CCCCCCCCCCCCCCCCCCCCOC(Cl)CC. The van der Waals surface area contributed by atoms with Crippen LogP contribution in [0.4, 0.5) is 0 Å². The molecule has 0 aliphatic rings. The molecule has 0 radical (unpaired) electrons. The van der Waals surface area contributed by atoms with Crippen LogP contribution in [-0.4, -0.2) is 12.2 Å². The van der Waals surface area contributed by atoms with Gasteiger partial charge in [-0.05, 0) is 12.8 Å². The van der Waals surface area contributed by atoms with Crippen molar-refractivity contribution in [1.82, 2.24) is 0 Å². The lowest BCUT2D eigenvalue weighted by atomic mass is 10.0. The Labute approximate surface area is 164 Å². The normalized spacial score (nSPS) is 12.6. The van der Waals surface area contributed by atoms with E-state index in [1.165, 1.54) is 116 Å². The van der Waals surface area contributed by atoms with E-state index in [4.69, 9.17) is 16.3 Å². The fourth-order valence-corrected chi connectivity index (χ4v) is 3.42. The molecule has 25 heavy (non-hydrogen) atoms. The van der Waals surface area contributed by atoms with Gasteiger partial charge in [-0.2, -0.15) is 0 Å². The third-order valence-corrected chi connectivity index (χ3v) is 5.55. The Morgan fingerprint density at radius 3 is 1.16 bits per heavy atom. The van der Waals surface area contributed by atoms with Gasteiger partial charge in [0.15, 0.2) is 0 Å². The van der Waals surface area contributed by atoms with Crippen molar-refractivity contribution >= 4 is 11.6 Å². The summed E-state index contributed by atoms with van der Waals surface area (Å²) in [5, 5.41) is 0. The summed E-state index contributed by atoms with van der Waals surface area (Å²) in [6.07, 6.45) is 26.4. The monoisotopic (exact) mass is 374 g/mol. The molecule has 0 aromatic carbocycles. The molecule has 0 saturated carbocycles. The first-order chi connectivity index (χ1) is 12.3. The lowest BCUT2D eigenvalue weighted by Crippen LogP contribution is -2.04. The highest BCUT2D eigenvalue weighted by Crippen LogP contribution is 2.14. The Bertz CT molecular complexity index is 232. The zero-order valence-corrected chi connectivity index (χ0v) is 18.3. The number of ether oxygens (including phenoxy) is 1. The van der Waals surface area contributed by atoms with Gasteiger partial charge < -0.3 is 4.74 Å². The molecule has 0 saturated heterocycles. The molecule has 1 unspecified atom stereocenters. The standard InChI is InChI=1S/C23H47ClO/c1-3-5-6-7-8-9-10-11-12-13-14-15-16-17-18-19-20-21-22-25-23(24)4-2/h23H,3-22H2,1-2H3. The second kappa shape index (κ2) is 22.3. The molecule has 2 heteroatoms. The molecule has 0 spiro atoms. The lowest BCUT2D eigenvalue weighted by molar-refractivity contribution is 0.101. The van der Waals surface area contributed by atoms with Gasteiger partial charge in [-0.1, -0.05) is 135 Å². The van der Waals surface area contributed by atoms with Crippen LogP contribution in [0.5, 0.6) is 0 Å². The maximum Gasteiger partial charge on any atom is 0.130 e. The van der Waals surface area contributed by atoms with Crippen LogP contribution in [-0.2, 0) is 4.74 Å². The molecule has 0 N–H and O–H groups in total. The Morgan fingerprint density at radius 1 is 0.520 bits per heavy atom. The highest BCUT2D eigenvalue weighted by atomic mass is 35.5. The molecular formula is C23H47ClO. The van der Waals surface area contributed by atoms with Crippen LogP contribution in [0.2, 0.25) is 0 Å². The minimum Gasteiger partial charge on any atom is -0.363 e. The molecule has 0 aromatic heterocycles. The van der Waals surface area contributed by atoms with Crippen molar-refractivity contribution in [2.24, 2.45) is 0 Å². The quantitative estimate of drug-likeness (QED) is 0.144. The lowest BCUT2D eigenvalue weighted by Gasteiger charge is -2.08. The average molecular weight is 375 g/mol. The molecule has 1 nitrogen and oxygen atoms in total. The summed E-state index contributed by atoms with van der Waals surface area (Å²) in [6, 6.07) is 0. The number of rotatable bonds is 21. The van der Waals surface area contributed by atoms with Gasteiger partial charge in [0.2, 0.25) is 0 Å². The Kier molecular flexibility index (Phi) is 22.5. The summed E-state index contributed by atoms with van der Waals surface area (Å²) in [6.45, 7) is 5.19. The van der Waals surface area contributed by atoms with Crippen molar-refractivity contribution in [3.63, 3.8) is 0 Å². The predicted molar refractivity (Wildman–Crippen MR) is 115 cm³/mol. The summed E-state index contributed by atoms with van der Waals surface area (Å²) < 4.78 is 5.49. The summed E-state index contributed by atoms with van der Waals surface area (Å²) >= 11 is 5.92. The molecule has 0 aliphatic heterocycles. The molecule has 152 valence electrons. The van der Waals surface area contributed by atoms with Crippen molar-refractivity contribution in [3.05, 3.63) is 0 Å². The first-order valence-electron chi connectivity index (χ1n) is 11.6.